The second kappa shape index (κ2) is 7.22. The topological polar surface area (TPSA) is 53.4 Å². The van der Waals surface area contributed by atoms with Crippen molar-refractivity contribution in [1.82, 2.24) is 9.97 Å². The van der Waals surface area contributed by atoms with Crippen LogP contribution in [0.5, 0.6) is 0 Å². The molecule has 0 saturated carbocycles. The quantitative estimate of drug-likeness (QED) is 0.693. The predicted octanol–water partition coefficient (Wildman–Crippen LogP) is 3.53. The van der Waals surface area contributed by atoms with Gasteiger partial charge in [0.25, 0.3) is 0 Å². The van der Waals surface area contributed by atoms with E-state index in [1.807, 2.05) is 19.9 Å². The summed E-state index contributed by atoms with van der Waals surface area (Å²) >= 11 is 0. The summed E-state index contributed by atoms with van der Waals surface area (Å²) in [5, 5.41) is 4.22. The maximum Gasteiger partial charge on any atom is 0.243 e. The second-order valence-electron chi connectivity index (χ2n) is 5.98. The van der Waals surface area contributed by atoms with Crippen LogP contribution in [0.4, 0.5) is 11.6 Å². The van der Waals surface area contributed by atoms with Gasteiger partial charge in [-0.05, 0) is 56.9 Å². The van der Waals surface area contributed by atoms with Gasteiger partial charge in [0.15, 0.2) is 0 Å². The number of piperidine rings is 1. The number of nitrogens with one attached hydrogen (secondary N) is 1. The zero-order valence-corrected chi connectivity index (χ0v) is 13.8. The van der Waals surface area contributed by atoms with Crippen LogP contribution in [0.15, 0.2) is 35.4 Å². The van der Waals surface area contributed by atoms with Gasteiger partial charge in [0, 0.05) is 30.2 Å². The Bertz CT molecular complexity index is 652. The molecule has 5 heteroatoms. The van der Waals surface area contributed by atoms with Crippen molar-refractivity contribution in [1.29, 1.82) is 0 Å². The van der Waals surface area contributed by atoms with Gasteiger partial charge in [-0.3, -0.25) is 0 Å². The Kier molecular flexibility index (Phi) is 4.86. The van der Waals surface area contributed by atoms with Crippen molar-refractivity contribution in [3.8, 4) is 0 Å². The van der Waals surface area contributed by atoms with Crippen molar-refractivity contribution >= 4 is 17.9 Å². The molecule has 120 valence electrons. The fourth-order valence-electron chi connectivity index (χ4n) is 2.86. The van der Waals surface area contributed by atoms with Gasteiger partial charge in [0.05, 0.1) is 6.21 Å². The lowest BCUT2D eigenvalue weighted by Gasteiger charge is -2.28. The summed E-state index contributed by atoms with van der Waals surface area (Å²) in [5.74, 6) is 0.531. The molecule has 1 N–H and O–H groups in total. The fourth-order valence-corrected chi connectivity index (χ4v) is 2.86. The first-order valence-electron chi connectivity index (χ1n) is 8.17. The highest BCUT2D eigenvalue weighted by Gasteiger charge is 2.10. The number of hydrazone groups is 1. The molecule has 5 nitrogen and oxygen atoms in total. The molecule has 0 atom stereocenters. The number of hydrogen-bond donors (Lipinski definition) is 1. The average molecular weight is 309 g/mol. The van der Waals surface area contributed by atoms with Crippen molar-refractivity contribution in [3.63, 3.8) is 0 Å². The summed E-state index contributed by atoms with van der Waals surface area (Å²) < 4.78 is 0. The third kappa shape index (κ3) is 4.28. The first-order chi connectivity index (χ1) is 11.2. The summed E-state index contributed by atoms with van der Waals surface area (Å²) in [5.41, 5.74) is 7.11. The van der Waals surface area contributed by atoms with E-state index in [0.717, 1.165) is 17.0 Å². The molecule has 1 fully saturated rings. The minimum atomic E-state index is 0.531. The van der Waals surface area contributed by atoms with E-state index < -0.39 is 0 Å². The number of aromatic nitrogens is 2. The zero-order valence-electron chi connectivity index (χ0n) is 13.8. The van der Waals surface area contributed by atoms with Crippen LogP contribution in [0.25, 0.3) is 0 Å². The van der Waals surface area contributed by atoms with Crippen molar-refractivity contribution in [2.45, 2.75) is 33.1 Å². The predicted molar refractivity (Wildman–Crippen MR) is 95.2 cm³/mol. The zero-order chi connectivity index (χ0) is 16.1. The monoisotopic (exact) mass is 309 g/mol. The number of rotatable bonds is 4. The van der Waals surface area contributed by atoms with Crippen molar-refractivity contribution in [2.24, 2.45) is 5.10 Å². The molecule has 0 radical (unpaired) electrons. The van der Waals surface area contributed by atoms with E-state index in [1.54, 1.807) is 6.21 Å². The Hall–Kier alpha value is -2.43. The van der Waals surface area contributed by atoms with E-state index in [4.69, 9.17) is 0 Å². The molecular formula is C18H23N5. The maximum absolute atomic E-state index is 4.30. The van der Waals surface area contributed by atoms with Gasteiger partial charge >= 0.3 is 0 Å². The molecule has 2 aromatic rings. The van der Waals surface area contributed by atoms with Gasteiger partial charge in [-0.2, -0.15) is 5.10 Å². The van der Waals surface area contributed by atoms with Crippen LogP contribution >= 0.6 is 0 Å². The average Bonchev–Trinajstić information content (AvgIpc) is 2.55. The van der Waals surface area contributed by atoms with Crippen molar-refractivity contribution in [2.75, 3.05) is 23.4 Å². The summed E-state index contributed by atoms with van der Waals surface area (Å²) in [4.78, 5) is 11.0. The van der Waals surface area contributed by atoms with Crippen LogP contribution in [0.1, 0.15) is 36.2 Å². The first kappa shape index (κ1) is 15.5. The highest BCUT2D eigenvalue weighted by molar-refractivity contribution is 5.80. The SMILES string of the molecule is Cc1cc(C)nc(N/N=C\c2ccc(N3CCCCC3)cc2)n1. The molecule has 2 heterocycles. The highest BCUT2D eigenvalue weighted by atomic mass is 15.3. The lowest BCUT2D eigenvalue weighted by atomic mass is 10.1. The van der Waals surface area contributed by atoms with E-state index in [2.05, 4.69) is 49.7 Å². The molecule has 0 bridgehead atoms. The first-order valence-corrected chi connectivity index (χ1v) is 8.17. The van der Waals surface area contributed by atoms with Gasteiger partial charge in [0.1, 0.15) is 0 Å². The lowest BCUT2D eigenvalue weighted by molar-refractivity contribution is 0.578. The van der Waals surface area contributed by atoms with Gasteiger partial charge in [-0.1, -0.05) is 12.1 Å². The van der Waals surface area contributed by atoms with Gasteiger partial charge in [-0.15, -0.1) is 0 Å². The van der Waals surface area contributed by atoms with Crippen LogP contribution < -0.4 is 10.3 Å². The summed E-state index contributed by atoms with van der Waals surface area (Å²) in [6.45, 7) is 6.23. The van der Waals surface area contributed by atoms with Crippen molar-refractivity contribution in [3.05, 3.63) is 47.3 Å². The Balaban J connectivity index is 1.61. The molecule has 0 aliphatic carbocycles. The molecule has 1 aliphatic heterocycles. The van der Waals surface area contributed by atoms with E-state index in [-0.39, 0.29) is 0 Å². The third-order valence-electron chi connectivity index (χ3n) is 3.97. The van der Waals surface area contributed by atoms with Crippen LogP contribution in [-0.2, 0) is 0 Å². The largest absolute Gasteiger partial charge is 0.372 e. The molecule has 1 aliphatic rings. The standard InChI is InChI=1S/C18H23N5/c1-14-12-15(2)21-18(20-14)22-19-13-16-6-8-17(9-7-16)23-10-4-3-5-11-23/h6-9,12-13H,3-5,10-11H2,1-2H3,(H,20,21,22)/b19-13-. The number of nitrogens with zero attached hydrogens (tertiary/aromatic N) is 4. The smallest absolute Gasteiger partial charge is 0.243 e. The molecule has 0 spiro atoms. The Morgan fingerprint density at radius 1 is 1.00 bits per heavy atom. The minimum absolute atomic E-state index is 0.531. The lowest BCUT2D eigenvalue weighted by Crippen LogP contribution is -2.29. The van der Waals surface area contributed by atoms with Crippen LogP contribution in [0.3, 0.4) is 0 Å². The van der Waals surface area contributed by atoms with Crippen molar-refractivity contribution < 1.29 is 0 Å². The number of aryl methyl sites for hydroxylation is 2. The van der Waals surface area contributed by atoms with E-state index in [0.29, 0.717) is 5.95 Å². The Morgan fingerprint density at radius 3 is 2.30 bits per heavy atom. The van der Waals surface area contributed by atoms with Crippen LogP contribution in [-0.4, -0.2) is 29.3 Å². The van der Waals surface area contributed by atoms with Crippen LogP contribution in [0, 0.1) is 13.8 Å². The minimum Gasteiger partial charge on any atom is -0.372 e. The molecule has 1 aromatic carbocycles. The molecule has 0 amide bonds. The summed E-state index contributed by atoms with van der Waals surface area (Å²) in [7, 11) is 0. The van der Waals surface area contributed by atoms with E-state index in [9.17, 15) is 0 Å². The van der Waals surface area contributed by atoms with Crippen LogP contribution in [0.2, 0.25) is 0 Å². The number of benzene rings is 1. The molecule has 3 rings (SSSR count). The molecule has 1 aromatic heterocycles. The molecule has 23 heavy (non-hydrogen) atoms. The normalized spacial score (nSPS) is 15.1. The van der Waals surface area contributed by atoms with Gasteiger partial charge in [0.2, 0.25) is 5.95 Å². The van der Waals surface area contributed by atoms with E-state index >= 15 is 0 Å². The van der Waals surface area contributed by atoms with Gasteiger partial charge in [-0.25, -0.2) is 15.4 Å². The summed E-state index contributed by atoms with van der Waals surface area (Å²) in [6.07, 6.45) is 5.74. The summed E-state index contributed by atoms with van der Waals surface area (Å²) in [6, 6.07) is 10.5. The Morgan fingerprint density at radius 2 is 1.65 bits per heavy atom. The Labute approximate surface area is 137 Å². The third-order valence-corrected chi connectivity index (χ3v) is 3.97. The van der Waals surface area contributed by atoms with E-state index in [1.165, 1.54) is 38.0 Å². The highest BCUT2D eigenvalue weighted by Crippen LogP contribution is 2.19. The fraction of sp³-hybridized carbons (Fsp3) is 0.389. The molecular weight excluding hydrogens is 286 g/mol. The molecule has 1 saturated heterocycles. The second-order valence-corrected chi connectivity index (χ2v) is 5.98. The maximum atomic E-state index is 4.30. The van der Waals surface area contributed by atoms with Gasteiger partial charge < -0.3 is 4.90 Å². The number of anilines is 2. The number of hydrogen-bond acceptors (Lipinski definition) is 5. The molecule has 0 unspecified atom stereocenters.